The van der Waals surface area contributed by atoms with E-state index in [4.69, 9.17) is 0 Å². The maximum Gasteiger partial charge on any atom is 0.137 e. The van der Waals surface area contributed by atoms with Gasteiger partial charge in [0.2, 0.25) is 0 Å². The third kappa shape index (κ3) is 2.59. The van der Waals surface area contributed by atoms with Crippen LogP contribution in [0.4, 0.5) is 5.69 Å². The summed E-state index contributed by atoms with van der Waals surface area (Å²) in [6.45, 7) is 4.87. The summed E-state index contributed by atoms with van der Waals surface area (Å²) in [6, 6.07) is 9.54. The van der Waals surface area contributed by atoms with Crippen molar-refractivity contribution < 1.29 is 0 Å². The quantitative estimate of drug-likeness (QED) is 0.770. The Balaban J connectivity index is 1.36. The molecule has 0 unspecified atom stereocenters. The first-order valence-corrected chi connectivity index (χ1v) is 9.18. The van der Waals surface area contributed by atoms with Gasteiger partial charge in [-0.05, 0) is 63.0 Å². The molecule has 25 heavy (non-hydrogen) atoms. The average Bonchev–Trinajstić information content (AvgIpc) is 3.13. The Kier molecular flexibility index (Phi) is 3.48. The second kappa shape index (κ2) is 5.85. The van der Waals surface area contributed by atoms with Crippen molar-refractivity contribution in [2.75, 3.05) is 18.4 Å². The van der Waals surface area contributed by atoms with Crippen LogP contribution in [0, 0.1) is 5.92 Å². The first-order chi connectivity index (χ1) is 12.3. The largest absolute Gasteiger partial charge is 0.379 e. The van der Waals surface area contributed by atoms with Crippen molar-refractivity contribution in [3.8, 4) is 11.3 Å². The number of fused-ring (bicyclic) bond motifs is 4. The Labute approximate surface area is 147 Å². The molecule has 6 heterocycles. The summed E-state index contributed by atoms with van der Waals surface area (Å²) in [7, 11) is 0. The van der Waals surface area contributed by atoms with Crippen LogP contribution in [-0.2, 0) is 0 Å². The molecule has 3 aromatic heterocycles. The molecular weight excluding hydrogens is 310 g/mol. The normalized spacial score (nSPS) is 28.4. The lowest BCUT2D eigenvalue weighted by molar-refractivity contribution is 0.0458. The number of nitrogens with zero attached hydrogens (tertiary/aromatic N) is 3. The van der Waals surface area contributed by atoms with E-state index >= 15 is 0 Å². The average molecular weight is 333 g/mol. The highest BCUT2D eigenvalue weighted by atomic mass is 15.2. The molecule has 3 aromatic rings. The third-order valence-corrected chi connectivity index (χ3v) is 5.97. The fourth-order valence-corrected chi connectivity index (χ4v) is 4.47. The summed E-state index contributed by atoms with van der Waals surface area (Å²) in [5.74, 6) is 0.792. The van der Waals surface area contributed by atoms with Crippen LogP contribution in [0.5, 0.6) is 0 Å². The number of hydrogen-bond donors (Lipinski definition) is 2. The zero-order valence-corrected chi connectivity index (χ0v) is 14.4. The Morgan fingerprint density at radius 2 is 2.00 bits per heavy atom. The molecule has 0 aromatic carbocycles. The maximum atomic E-state index is 4.67. The second-order valence-corrected chi connectivity index (χ2v) is 7.36. The minimum absolute atomic E-state index is 0.535. The van der Waals surface area contributed by atoms with Crippen molar-refractivity contribution in [2.45, 2.75) is 31.8 Å². The lowest BCUT2D eigenvalue weighted by Crippen LogP contribution is -2.59. The molecule has 2 bridgehead atoms. The molecule has 6 rings (SSSR count). The first-order valence-electron chi connectivity index (χ1n) is 9.18. The van der Waals surface area contributed by atoms with E-state index in [2.05, 4.69) is 50.3 Å². The predicted octanol–water partition coefficient (Wildman–Crippen LogP) is 3.52. The van der Waals surface area contributed by atoms with Gasteiger partial charge in [-0.3, -0.25) is 9.88 Å². The van der Waals surface area contributed by atoms with Crippen LogP contribution in [0.15, 0.2) is 42.9 Å². The van der Waals surface area contributed by atoms with Crippen molar-refractivity contribution in [3.63, 3.8) is 0 Å². The Hall–Kier alpha value is -2.40. The van der Waals surface area contributed by atoms with Gasteiger partial charge in [0.15, 0.2) is 0 Å². The minimum atomic E-state index is 0.535. The maximum absolute atomic E-state index is 4.67. The van der Waals surface area contributed by atoms with Crippen molar-refractivity contribution in [3.05, 3.63) is 42.9 Å². The Morgan fingerprint density at radius 3 is 2.76 bits per heavy atom. The molecule has 3 saturated heterocycles. The second-order valence-electron chi connectivity index (χ2n) is 7.36. The molecule has 3 aliphatic heterocycles. The number of aromatic nitrogens is 3. The summed E-state index contributed by atoms with van der Waals surface area (Å²) in [6.07, 6.45) is 8.38. The van der Waals surface area contributed by atoms with E-state index < -0.39 is 0 Å². The highest BCUT2D eigenvalue weighted by Crippen LogP contribution is 2.34. The van der Waals surface area contributed by atoms with Gasteiger partial charge >= 0.3 is 0 Å². The van der Waals surface area contributed by atoms with E-state index in [1.807, 2.05) is 24.7 Å². The molecule has 3 aliphatic rings. The highest BCUT2D eigenvalue weighted by molar-refractivity contribution is 5.80. The van der Waals surface area contributed by atoms with Crippen molar-refractivity contribution in [1.82, 2.24) is 19.9 Å². The highest BCUT2D eigenvalue weighted by Gasteiger charge is 2.39. The lowest BCUT2D eigenvalue weighted by Gasteiger charge is -2.50. The zero-order valence-electron chi connectivity index (χ0n) is 14.4. The van der Waals surface area contributed by atoms with Gasteiger partial charge in [-0.25, -0.2) is 4.98 Å². The number of aromatic amines is 1. The number of rotatable bonds is 3. The van der Waals surface area contributed by atoms with Crippen LogP contribution < -0.4 is 5.32 Å². The molecule has 0 aliphatic carbocycles. The molecule has 0 saturated carbocycles. The minimum Gasteiger partial charge on any atom is -0.379 e. The molecule has 2 N–H and O–H groups in total. The van der Waals surface area contributed by atoms with Gasteiger partial charge in [0.25, 0.3) is 0 Å². The molecular formula is C20H23N5. The van der Waals surface area contributed by atoms with E-state index in [1.165, 1.54) is 25.9 Å². The van der Waals surface area contributed by atoms with Gasteiger partial charge < -0.3 is 10.3 Å². The summed E-state index contributed by atoms with van der Waals surface area (Å²) >= 11 is 0. The smallest absolute Gasteiger partial charge is 0.137 e. The predicted molar refractivity (Wildman–Crippen MR) is 100 cm³/mol. The van der Waals surface area contributed by atoms with Crippen LogP contribution in [0.3, 0.4) is 0 Å². The topological polar surface area (TPSA) is 56.8 Å². The van der Waals surface area contributed by atoms with Gasteiger partial charge in [-0.15, -0.1) is 0 Å². The summed E-state index contributed by atoms with van der Waals surface area (Å²) in [5, 5.41) is 4.85. The monoisotopic (exact) mass is 333 g/mol. The fraction of sp³-hybridized carbons (Fsp3) is 0.400. The summed E-state index contributed by atoms with van der Waals surface area (Å²) in [5.41, 5.74) is 4.04. The third-order valence-electron chi connectivity index (χ3n) is 5.97. The molecule has 0 spiro atoms. The van der Waals surface area contributed by atoms with E-state index in [-0.39, 0.29) is 0 Å². The van der Waals surface area contributed by atoms with Crippen molar-refractivity contribution in [1.29, 1.82) is 0 Å². The van der Waals surface area contributed by atoms with Crippen LogP contribution in [0.2, 0.25) is 0 Å². The molecule has 5 heteroatoms. The van der Waals surface area contributed by atoms with Crippen LogP contribution in [0.1, 0.15) is 19.8 Å². The zero-order chi connectivity index (χ0) is 16.8. The molecule has 3 fully saturated rings. The molecule has 2 atom stereocenters. The molecule has 128 valence electrons. The van der Waals surface area contributed by atoms with Crippen LogP contribution >= 0.6 is 0 Å². The summed E-state index contributed by atoms with van der Waals surface area (Å²) < 4.78 is 0. The van der Waals surface area contributed by atoms with Gasteiger partial charge in [-0.2, -0.15) is 0 Å². The van der Waals surface area contributed by atoms with E-state index in [9.17, 15) is 0 Å². The van der Waals surface area contributed by atoms with Gasteiger partial charge in [0.1, 0.15) is 5.65 Å². The van der Waals surface area contributed by atoms with Crippen LogP contribution in [-0.4, -0.2) is 45.0 Å². The number of nitrogens with one attached hydrogen (secondary N) is 2. The van der Waals surface area contributed by atoms with Crippen LogP contribution in [0.25, 0.3) is 22.3 Å². The Morgan fingerprint density at radius 1 is 1.12 bits per heavy atom. The first kappa shape index (κ1) is 14.9. The lowest BCUT2D eigenvalue weighted by atomic mass is 9.79. The summed E-state index contributed by atoms with van der Waals surface area (Å²) in [4.78, 5) is 14.9. The molecule has 0 radical (unpaired) electrons. The number of pyridine rings is 2. The van der Waals surface area contributed by atoms with Gasteiger partial charge in [0, 0.05) is 35.4 Å². The van der Waals surface area contributed by atoms with Crippen molar-refractivity contribution >= 4 is 16.7 Å². The van der Waals surface area contributed by atoms with E-state index in [1.54, 1.807) is 0 Å². The van der Waals surface area contributed by atoms with Crippen molar-refractivity contribution in [2.24, 2.45) is 5.92 Å². The number of piperidine rings is 3. The van der Waals surface area contributed by atoms with E-state index in [0.717, 1.165) is 33.9 Å². The number of anilines is 1. The molecule has 0 amide bonds. The fourth-order valence-electron chi connectivity index (χ4n) is 4.47. The van der Waals surface area contributed by atoms with Gasteiger partial charge in [0.05, 0.1) is 17.6 Å². The number of H-pyrrole nitrogens is 1. The molecule has 5 nitrogen and oxygen atoms in total. The van der Waals surface area contributed by atoms with E-state index in [0.29, 0.717) is 12.1 Å². The number of hydrogen-bond acceptors (Lipinski definition) is 4. The SMILES string of the molecule is C[C@@H]1[C@@H](Nc2ccc(-c3cnc4[nH]ccc4c3)nc2)C2CCN1CC2. The Bertz CT molecular complexity index is 874. The van der Waals surface area contributed by atoms with Gasteiger partial charge in [-0.1, -0.05) is 0 Å². The standard InChI is InChI=1S/C20H23N5/c1-13-19(14-5-8-25(13)9-6-14)24-17-2-3-18(22-12-17)16-10-15-4-7-21-20(15)23-11-16/h2-4,7,10-14,19,24H,5-6,8-9H2,1H3,(H,21,23)/t13-,19-/m1/s1.